The first-order valence-electron chi connectivity index (χ1n) is 10.5. The molecule has 1 aliphatic heterocycles. The zero-order valence-electron chi connectivity index (χ0n) is 19.4. The first kappa shape index (κ1) is 28.7. The van der Waals surface area contributed by atoms with Crippen molar-refractivity contribution in [3.63, 3.8) is 0 Å². The van der Waals surface area contributed by atoms with Gasteiger partial charge in [-0.05, 0) is 19.8 Å². The van der Waals surface area contributed by atoms with Crippen molar-refractivity contribution >= 4 is 35.9 Å². The Labute approximate surface area is 196 Å². The summed E-state index contributed by atoms with van der Waals surface area (Å²) >= 11 is 0. The molecule has 0 aromatic heterocycles. The van der Waals surface area contributed by atoms with Gasteiger partial charge in [0.25, 0.3) is 0 Å². The Morgan fingerprint density at radius 1 is 1.18 bits per heavy atom. The standard InChI is InChI=1S/C19H33N7O8/c1-10(25(2)9-28)15(30)22-11(7-14(20)29)18(33)26-6-4-5-13(26)17(32)23-12(8-27)16(31)24-19(21)34-3/h9-13,19,27H,4-8,21H2,1-3H3,(H2,20,29)(H,22,30)(H,23,32)(H,24,31)/t10-,11-,12-,13-,19?/m0/s1. The fourth-order valence-electron chi connectivity index (χ4n) is 3.23. The summed E-state index contributed by atoms with van der Waals surface area (Å²) in [6.07, 6.45) is -0.555. The van der Waals surface area contributed by atoms with E-state index in [0.29, 0.717) is 12.8 Å². The lowest BCUT2D eigenvalue weighted by Crippen LogP contribution is -2.59. The molecule has 15 heteroatoms. The molecule has 0 radical (unpaired) electrons. The van der Waals surface area contributed by atoms with Crippen LogP contribution in [0.15, 0.2) is 0 Å². The van der Waals surface area contributed by atoms with Gasteiger partial charge in [-0.1, -0.05) is 0 Å². The number of nitrogens with two attached hydrogens (primary N) is 2. The SMILES string of the molecule is COC(N)NC(=O)[C@H](CO)NC(=O)[C@@H]1CCCN1C(=O)[C@H](CC(N)=O)NC(=O)[C@H](C)N(C)C=O. The van der Waals surface area contributed by atoms with Crippen molar-refractivity contribution in [2.24, 2.45) is 11.5 Å². The zero-order valence-corrected chi connectivity index (χ0v) is 19.4. The molecule has 1 unspecified atom stereocenters. The lowest BCUT2D eigenvalue weighted by molar-refractivity contribution is -0.144. The van der Waals surface area contributed by atoms with Gasteiger partial charge in [0.15, 0.2) is 6.35 Å². The average Bonchev–Trinajstić information content (AvgIpc) is 3.29. The van der Waals surface area contributed by atoms with Crippen molar-refractivity contribution in [1.82, 2.24) is 25.8 Å². The Bertz CT molecular complexity index is 780. The fraction of sp³-hybridized carbons (Fsp3) is 0.684. The molecule has 1 rings (SSSR count). The number of likely N-dealkylation sites (N-methyl/N-ethyl adjacent to an activating group) is 1. The number of aliphatic hydroxyl groups excluding tert-OH is 1. The van der Waals surface area contributed by atoms with Gasteiger partial charge in [0.1, 0.15) is 24.2 Å². The molecule has 0 bridgehead atoms. The molecule has 192 valence electrons. The van der Waals surface area contributed by atoms with E-state index in [-0.39, 0.29) is 13.0 Å². The van der Waals surface area contributed by atoms with E-state index in [9.17, 15) is 33.9 Å². The Hall–Kier alpha value is -3.30. The largest absolute Gasteiger partial charge is 0.394 e. The van der Waals surface area contributed by atoms with Crippen molar-refractivity contribution in [1.29, 1.82) is 0 Å². The average molecular weight is 488 g/mol. The minimum Gasteiger partial charge on any atom is -0.394 e. The number of hydrogen-bond donors (Lipinski definition) is 6. The second-order valence-corrected chi connectivity index (χ2v) is 7.78. The molecule has 0 saturated carbocycles. The van der Waals surface area contributed by atoms with E-state index in [4.69, 9.17) is 16.2 Å². The number of carbonyl (C=O) groups is 6. The summed E-state index contributed by atoms with van der Waals surface area (Å²) in [5.41, 5.74) is 10.7. The molecular formula is C19H33N7O8. The molecule has 0 aliphatic carbocycles. The molecule has 0 aromatic rings. The highest BCUT2D eigenvalue weighted by Crippen LogP contribution is 2.19. The first-order chi connectivity index (χ1) is 16.0. The van der Waals surface area contributed by atoms with Crippen LogP contribution in [0.2, 0.25) is 0 Å². The van der Waals surface area contributed by atoms with Crippen molar-refractivity contribution in [2.45, 2.75) is 56.7 Å². The summed E-state index contributed by atoms with van der Waals surface area (Å²) in [5.74, 6) is -3.79. The Balaban J connectivity index is 2.96. The van der Waals surface area contributed by atoms with Crippen LogP contribution in [0.3, 0.4) is 0 Å². The van der Waals surface area contributed by atoms with Crippen LogP contribution in [0.5, 0.6) is 0 Å². The quantitative estimate of drug-likeness (QED) is 0.108. The molecule has 0 aromatic carbocycles. The van der Waals surface area contributed by atoms with Gasteiger partial charge < -0.3 is 41.3 Å². The lowest BCUT2D eigenvalue weighted by atomic mass is 10.1. The minimum atomic E-state index is -1.36. The molecule has 1 aliphatic rings. The van der Waals surface area contributed by atoms with Crippen molar-refractivity contribution in [3.05, 3.63) is 0 Å². The second kappa shape index (κ2) is 13.4. The summed E-state index contributed by atoms with van der Waals surface area (Å²) in [6, 6.07) is -4.67. The fourth-order valence-corrected chi connectivity index (χ4v) is 3.23. The van der Waals surface area contributed by atoms with Gasteiger partial charge in [0.2, 0.25) is 35.9 Å². The molecule has 5 atom stereocenters. The monoisotopic (exact) mass is 487 g/mol. The Morgan fingerprint density at radius 2 is 1.82 bits per heavy atom. The van der Waals surface area contributed by atoms with Crippen LogP contribution >= 0.6 is 0 Å². The highest BCUT2D eigenvalue weighted by Gasteiger charge is 2.39. The number of hydrogen-bond acceptors (Lipinski definition) is 9. The van der Waals surface area contributed by atoms with E-state index in [1.54, 1.807) is 0 Å². The number of nitrogens with one attached hydrogen (secondary N) is 3. The Kier molecular flexibility index (Phi) is 11.3. The summed E-state index contributed by atoms with van der Waals surface area (Å²) in [6.45, 7) is 0.838. The molecule has 0 spiro atoms. The number of likely N-dealkylation sites (tertiary alicyclic amines) is 1. The van der Waals surface area contributed by atoms with E-state index >= 15 is 0 Å². The molecule has 1 heterocycles. The van der Waals surface area contributed by atoms with E-state index in [1.807, 2.05) is 0 Å². The maximum atomic E-state index is 13.1. The second-order valence-electron chi connectivity index (χ2n) is 7.78. The third-order valence-corrected chi connectivity index (χ3v) is 5.37. The van der Waals surface area contributed by atoms with Gasteiger partial charge in [-0.25, -0.2) is 0 Å². The van der Waals surface area contributed by atoms with Crippen molar-refractivity contribution in [3.8, 4) is 0 Å². The predicted molar refractivity (Wildman–Crippen MR) is 116 cm³/mol. The zero-order chi connectivity index (χ0) is 26.0. The van der Waals surface area contributed by atoms with E-state index in [2.05, 4.69) is 16.0 Å². The van der Waals surface area contributed by atoms with Gasteiger partial charge >= 0.3 is 0 Å². The number of aliphatic hydroxyl groups is 1. The number of ether oxygens (including phenoxy) is 1. The first-order valence-corrected chi connectivity index (χ1v) is 10.5. The van der Waals surface area contributed by atoms with Crippen LogP contribution in [0.25, 0.3) is 0 Å². The van der Waals surface area contributed by atoms with E-state index < -0.39 is 73.1 Å². The highest BCUT2D eigenvalue weighted by molar-refractivity contribution is 5.97. The maximum absolute atomic E-state index is 13.1. The minimum absolute atomic E-state index is 0.149. The van der Waals surface area contributed by atoms with Gasteiger partial charge in [-0.2, -0.15) is 0 Å². The normalized spacial score (nSPS) is 18.7. The number of carbonyl (C=O) groups excluding carboxylic acids is 6. The van der Waals surface area contributed by atoms with Crippen LogP contribution in [-0.2, 0) is 33.5 Å². The summed E-state index contributed by atoms with van der Waals surface area (Å²) in [4.78, 5) is 75.2. The highest BCUT2D eigenvalue weighted by atomic mass is 16.5. The van der Waals surface area contributed by atoms with Gasteiger partial charge in [-0.3, -0.25) is 34.5 Å². The number of rotatable bonds is 13. The third-order valence-electron chi connectivity index (χ3n) is 5.37. The predicted octanol–water partition coefficient (Wildman–Crippen LogP) is -4.70. The summed E-state index contributed by atoms with van der Waals surface area (Å²) in [7, 11) is 2.62. The van der Waals surface area contributed by atoms with E-state index in [1.165, 1.54) is 26.0 Å². The lowest BCUT2D eigenvalue weighted by Gasteiger charge is -2.30. The van der Waals surface area contributed by atoms with Crippen LogP contribution in [0.1, 0.15) is 26.2 Å². The molecular weight excluding hydrogens is 454 g/mol. The van der Waals surface area contributed by atoms with Gasteiger partial charge in [0, 0.05) is 20.7 Å². The van der Waals surface area contributed by atoms with Gasteiger partial charge in [-0.15, -0.1) is 0 Å². The van der Waals surface area contributed by atoms with Crippen molar-refractivity contribution < 1.29 is 38.6 Å². The molecule has 6 amide bonds. The number of amides is 6. The molecule has 1 saturated heterocycles. The van der Waals surface area contributed by atoms with Crippen molar-refractivity contribution in [2.75, 3.05) is 27.3 Å². The Morgan fingerprint density at radius 3 is 2.35 bits per heavy atom. The van der Waals surface area contributed by atoms with Crippen LogP contribution < -0.4 is 27.4 Å². The topological polar surface area (TPSA) is 226 Å². The molecule has 34 heavy (non-hydrogen) atoms. The third kappa shape index (κ3) is 7.93. The maximum Gasteiger partial charge on any atom is 0.247 e. The molecule has 8 N–H and O–H groups in total. The van der Waals surface area contributed by atoms with Crippen LogP contribution in [0, 0.1) is 0 Å². The molecule has 1 fully saturated rings. The number of methoxy groups -OCH3 is 1. The van der Waals surface area contributed by atoms with Crippen LogP contribution in [-0.4, -0.2) is 109 Å². The molecule has 15 nitrogen and oxygen atoms in total. The smallest absolute Gasteiger partial charge is 0.247 e. The van der Waals surface area contributed by atoms with E-state index in [0.717, 1.165) is 4.90 Å². The summed E-state index contributed by atoms with van der Waals surface area (Å²) in [5, 5.41) is 16.5. The van der Waals surface area contributed by atoms with Crippen LogP contribution in [0.4, 0.5) is 0 Å². The van der Waals surface area contributed by atoms with Gasteiger partial charge in [0.05, 0.1) is 13.0 Å². The number of primary amides is 1. The number of nitrogens with zero attached hydrogens (tertiary/aromatic N) is 2. The summed E-state index contributed by atoms with van der Waals surface area (Å²) < 4.78 is 4.70.